The molecule has 8 heteroatoms. The van der Waals surface area contributed by atoms with E-state index in [0.29, 0.717) is 17.5 Å². The summed E-state index contributed by atoms with van der Waals surface area (Å²) >= 11 is 0. The van der Waals surface area contributed by atoms with Crippen LogP contribution in [0.2, 0.25) is 0 Å². The molecule has 3 amide bonds. The zero-order chi connectivity index (χ0) is 27.8. The van der Waals surface area contributed by atoms with E-state index in [4.69, 9.17) is 4.74 Å². The molecular formula is C28H47N3O5. The molecule has 36 heavy (non-hydrogen) atoms. The van der Waals surface area contributed by atoms with E-state index in [9.17, 15) is 19.5 Å². The molecule has 0 fully saturated rings. The summed E-state index contributed by atoms with van der Waals surface area (Å²) in [6, 6.07) is 2.73. The van der Waals surface area contributed by atoms with Crippen LogP contribution in [0, 0.1) is 12.8 Å². The lowest BCUT2D eigenvalue weighted by Crippen LogP contribution is -2.57. The minimum Gasteiger partial charge on any atom is -0.507 e. The number of hydrogen-bond acceptors (Lipinski definition) is 5. The number of nitrogens with zero attached hydrogens (tertiary/aromatic N) is 1. The molecule has 1 aromatic rings. The van der Waals surface area contributed by atoms with Crippen LogP contribution in [0.1, 0.15) is 98.7 Å². The summed E-state index contributed by atoms with van der Waals surface area (Å²) in [6.45, 7) is 18.4. The van der Waals surface area contributed by atoms with E-state index < -0.39 is 29.7 Å². The standard InChI is InChI=1S/C28H47N3O5/c1-11-14-19(6)29-25(33)23(21-16-13-15-18(5)24(21)32)31(20(7)12-2)26(34)22(17(3)4)30-27(35)36-28(8,9)10/h13,15-17,19-20,22-23,32H,11-12,14H2,1-10H3,(H,29,33)(H,30,35). The van der Waals surface area contributed by atoms with Crippen molar-refractivity contribution in [2.75, 3.05) is 0 Å². The number of nitrogens with one attached hydrogen (secondary N) is 2. The van der Waals surface area contributed by atoms with Crippen LogP contribution in [0.25, 0.3) is 0 Å². The average molecular weight is 506 g/mol. The lowest BCUT2D eigenvalue weighted by Gasteiger charge is -2.39. The van der Waals surface area contributed by atoms with Gasteiger partial charge < -0.3 is 25.4 Å². The molecule has 8 nitrogen and oxygen atoms in total. The van der Waals surface area contributed by atoms with Gasteiger partial charge in [-0.25, -0.2) is 4.79 Å². The summed E-state index contributed by atoms with van der Waals surface area (Å²) in [5.41, 5.74) is 0.233. The molecule has 0 spiro atoms. The highest BCUT2D eigenvalue weighted by Crippen LogP contribution is 2.34. The molecule has 0 saturated carbocycles. The number of amides is 3. The molecule has 4 atom stereocenters. The van der Waals surface area contributed by atoms with Crippen molar-refractivity contribution in [3.63, 3.8) is 0 Å². The Hall–Kier alpha value is -2.77. The number of phenols is 1. The van der Waals surface area contributed by atoms with E-state index in [0.717, 1.165) is 12.8 Å². The molecule has 0 aliphatic rings. The summed E-state index contributed by atoms with van der Waals surface area (Å²) in [5, 5.41) is 16.7. The summed E-state index contributed by atoms with van der Waals surface area (Å²) in [5.74, 6) is -1.08. The van der Waals surface area contributed by atoms with Crippen LogP contribution >= 0.6 is 0 Å². The van der Waals surface area contributed by atoms with Crippen molar-refractivity contribution < 1.29 is 24.2 Å². The normalized spacial score (nSPS) is 15.0. The Morgan fingerprint density at radius 2 is 1.67 bits per heavy atom. The molecule has 0 saturated heterocycles. The van der Waals surface area contributed by atoms with Gasteiger partial charge in [0.15, 0.2) is 0 Å². The van der Waals surface area contributed by atoms with Crippen LogP contribution in [0.5, 0.6) is 5.75 Å². The number of benzene rings is 1. The minimum absolute atomic E-state index is 0.0249. The number of para-hydroxylation sites is 1. The predicted octanol–water partition coefficient (Wildman–Crippen LogP) is 5.22. The van der Waals surface area contributed by atoms with Crippen LogP contribution in [0.15, 0.2) is 18.2 Å². The highest BCUT2D eigenvalue weighted by molar-refractivity contribution is 5.93. The van der Waals surface area contributed by atoms with Gasteiger partial charge in [-0.1, -0.05) is 52.3 Å². The topological polar surface area (TPSA) is 108 Å². The summed E-state index contributed by atoms with van der Waals surface area (Å²) < 4.78 is 5.40. The maximum atomic E-state index is 14.1. The Labute approximate surface area is 217 Å². The Balaban J connectivity index is 3.60. The first-order valence-corrected chi connectivity index (χ1v) is 13.0. The lowest BCUT2D eigenvalue weighted by molar-refractivity contribution is -0.146. The molecule has 0 radical (unpaired) electrons. The second-order valence-corrected chi connectivity index (χ2v) is 11.0. The van der Waals surface area contributed by atoms with Crippen molar-refractivity contribution in [1.82, 2.24) is 15.5 Å². The Bertz CT molecular complexity index is 894. The summed E-state index contributed by atoms with van der Waals surface area (Å²) in [4.78, 5) is 42.0. The highest BCUT2D eigenvalue weighted by atomic mass is 16.6. The third kappa shape index (κ3) is 8.71. The van der Waals surface area contributed by atoms with Gasteiger partial charge in [-0.05, 0) is 65.9 Å². The number of carbonyl (C=O) groups is 3. The highest BCUT2D eigenvalue weighted by Gasteiger charge is 2.40. The number of alkyl carbamates (subject to hydrolysis) is 1. The van der Waals surface area contributed by atoms with Gasteiger partial charge in [-0.15, -0.1) is 0 Å². The van der Waals surface area contributed by atoms with Crippen LogP contribution < -0.4 is 10.6 Å². The summed E-state index contributed by atoms with van der Waals surface area (Å²) in [7, 11) is 0. The van der Waals surface area contributed by atoms with E-state index in [1.807, 2.05) is 41.5 Å². The molecule has 0 aliphatic carbocycles. The number of hydrogen-bond donors (Lipinski definition) is 3. The first-order chi connectivity index (χ1) is 16.6. The number of ether oxygens (including phenoxy) is 1. The fourth-order valence-corrected chi connectivity index (χ4v) is 4.05. The van der Waals surface area contributed by atoms with Gasteiger partial charge in [0, 0.05) is 17.6 Å². The zero-order valence-electron chi connectivity index (χ0n) is 23.8. The Morgan fingerprint density at radius 1 is 1.06 bits per heavy atom. The molecule has 1 aromatic carbocycles. The van der Waals surface area contributed by atoms with Gasteiger partial charge >= 0.3 is 6.09 Å². The molecule has 0 aromatic heterocycles. The minimum atomic E-state index is -1.08. The average Bonchev–Trinajstić information content (AvgIpc) is 2.75. The molecule has 0 aliphatic heterocycles. The summed E-state index contributed by atoms with van der Waals surface area (Å²) in [6.07, 6.45) is 1.55. The van der Waals surface area contributed by atoms with Gasteiger partial charge in [-0.2, -0.15) is 0 Å². The van der Waals surface area contributed by atoms with E-state index in [2.05, 4.69) is 10.6 Å². The third-order valence-corrected chi connectivity index (χ3v) is 6.13. The van der Waals surface area contributed by atoms with Crippen molar-refractivity contribution in [1.29, 1.82) is 0 Å². The smallest absolute Gasteiger partial charge is 0.408 e. The predicted molar refractivity (Wildman–Crippen MR) is 143 cm³/mol. The van der Waals surface area contributed by atoms with E-state index in [1.54, 1.807) is 45.9 Å². The van der Waals surface area contributed by atoms with Crippen molar-refractivity contribution >= 4 is 17.9 Å². The molecule has 0 bridgehead atoms. The maximum Gasteiger partial charge on any atom is 0.408 e. The van der Waals surface area contributed by atoms with Crippen molar-refractivity contribution in [3.05, 3.63) is 29.3 Å². The maximum absolute atomic E-state index is 14.1. The monoisotopic (exact) mass is 505 g/mol. The van der Waals surface area contributed by atoms with Crippen LogP contribution in [-0.2, 0) is 14.3 Å². The number of aryl methyl sites for hydroxylation is 1. The lowest BCUT2D eigenvalue weighted by atomic mass is 9.95. The molecule has 204 valence electrons. The van der Waals surface area contributed by atoms with E-state index in [-0.39, 0.29) is 29.7 Å². The van der Waals surface area contributed by atoms with E-state index in [1.165, 1.54) is 4.90 Å². The van der Waals surface area contributed by atoms with Crippen molar-refractivity contribution in [2.45, 2.75) is 118 Å². The van der Waals surface area contributed by atoms with Gasteiger partial charge in [0.05, 0.1) is 0 Å². The Morgan fingerprint density at radius 3 is 2.17 bits per heavy atom. The second kappa shape index (κ2) is 13.5. The van der Waals surface area contributed by atoms with Gasteiger partial charge in [0.1, 0.15) is 23.4 Å². The first-order valence-electron chi connectivity index (χ1n) is 13.0. The van der Waals surface area contributed by atoms with Crippen LogP contribution in [-0.4, -0.2) is 51.6 Å². The van der Waals surface area contributed by atoms with Gasteiger partial charge in [0.25, 0.3) is 0 Å². The third-order valence-electron chi connectivity index (χ3n) is 6.13. The first kappa shape index (κ1) is 31.3. The number of carbonyl (C=O) groups excluding carboxylic acids is 3. The van der Waals surface area contributed by atoms with Crippen molar-refractivity contribution in [3.8, 4) is 5.75 Å². The van der Waals surface area contributed by atoms with Crippen molar-refractivity contribution in [2.24, 2.45) is 5.92 Å². The Kier molecular flexibility index (Phi) is 11.7. The van der Waals surface area contributed by atoms with Crippen LogP contribution in [0.3, 0.4) is 0 Å². The van der Waals surface area contributed by atoms with Gasteiger partial charge in [0.2, 0.25) is 11.8 Å². The fourth-order valence-electron chi connectivity index (χ4n) is 4.05. The number of aromatic hydroxyl groups is 1. The SMILES string of the molecule is CCCC(C)NC(=O)C(c1cccc(C)c1O)N(C(=O)C(NC(=O)OC(C)(C)C)C(C)C)C(C)CC. The molecular weight excluding hydrogens is 458 g/mol. The second-order valence-electron chi connectivity index (χ2n) is 11.0. The number of phenolic OH excluding ortho intramolecular Hbond substituents is 1. The molecule has 1 rings (SSSR count). The van der Waals surface area contributed by atoms with Gasteiger partial charge in [-0.3, -0.25) is 9.59 Å². The fraction of sp³-hybridized carbons (Fsp3) is 0.679. The van der Waals surface area contributed by atoms with Crippen LogP contribution in [0.4, 0.5) is 4.79 Å². The molecule has 4 unspecified atom stereocenters. The zero-order valence-corrected chi connectivity index (χ0v) is 23.8. The molecule has 3 N–H and O–H groups in total. The van der Waals surface area contributed by atoms with E-state index >= 15 is 0 Å². The number of rotatable bonds is 11. The quantitative estimate of drug-likeness (QED) is 0.382. The largest absolute Gasteiger partial charge is 0.507 e. The molecule has 0 heterocycles.